The van der Waals surface area contributed by atoms with Gasteiger partial charge in [0, 0.05) is 13.1 Å². The lowest BCUT2D eigenvalue weighted by atomic mass is 10.3. The van der Waals surface area contributed by atoms with E-state index in [9.17, 15) is 0 Å². The van der Waals surface area contributed by atoms with Crippen molar-refractivity contribution in [3.05, 3.63) is 0 Å². The van der Waals surface area contributed by atoms with E-state index in [4.69, 9.17) is 10.1 Å². The molecule has 1 saturated heterocycles. The van der Waals surface area contributed by atoms with Gasteiger partial charge in [-0.25, -0.2) is 0 Å². The minimum absolute atomic E-state index is 0.306. The maximum atomic E-state index is 7.43. The normalized spacial score (nSPS) is 23.7. The fraction of sp³-hybridized carbons (Fsp3) is 0.889. The molecule has 1 unspecified atom stereocenters. The minimum atomic E-state index is 0.306. The molecule has 12 heavy (non-hydrogen) atoms. The molecule has 0 aromatic heterocycles. The Morgan fingerprint density at radius 2 is 2.25 bits per heavy atom. The maximum Gasteiger partial charge on any atom is 0.0926 e. The predicted octanol–water partition coefficient (Wildman–Crippen LogP) is 1.48. The summed E-state index contributed by atoms with van der Waals surface area (Å²) in [7, 11) is 0. The lowest BCUT2D eigenvalue weighted by Gasteiger charge is -2.17. The Bertz CT molecular complexity index is 168. The fourth-order valence-electron chi connectivity index (χ4n) is 1.53. The molecule has 0 bridgehead atoms. The number of nitrogens with one attached hydrogen (secondary N) is 1. The Labute approximate surface area is 74.2 Å². The van der Waals surface area contributed by atoms with Crippen LogP contribution in [-0.2, 0) is 4.74 Å². The molecule has 1 rings (SSSR count). The van der Waals surface area contributed by atoms with Crippen molar-refractivity contribution in [3.63, 3.8) is 0 Å². The van der Waals surface area contributed by atoms with Crippen molar-refractivity contribution in [2.45, 2.75) is 39.4 Å². The topological polar surface area (TPSA) is 36.3 Å². The Morgan fingerprint density at radius 3 is 2.67 bits per heavy atom. The van der Waals surface area contributed by atoms with Crippen LogP contribution in [0.15, 0.2) is 0 Å². The molecule has 1 fully saturated rings. The Balaban J connectivity index is 2.30. The van der Waals surface area contributed by atoms with Crippen molar-refractivity contribution in [3.8, 4) is 0 Å². The lowest BCUT2D eigenvalue weighted by molar-refractivity contribution is 0.0168. The third-order valence-corrected chi connectivity index (χ3v) is 2.08. The maximum absolute atomic E-state index is 7.43. The molecule has 0 amide bonds. The summed E-state index contributed by atoms with van der Waals surface area (Å²) in [6.07, 6.45) is 1.71. The number of rotatable bonds is 2. The molecular formula is C9H18N2O. The summed E-state index contributed by atoms with van der Waals surface area (Å²) in [4.78, 5) is 2.06. The molecule has 1 heterocycles. The molecule has 0 aromatic rings. The van der Waals surface area contributed by atoms with E-state index < -0.39 is 0 Å². The molecule has 70 valence electrons. The van der Waals surface area contributed by atoms with E-state index in [0.29, 0.717) is 18.0 Å². The molecule has 0 radical (unpaired) electrons. The zero-order chi connectivity index (χ0) is 9.14. The number of likely N-dealkylation sites (tertiary alicyclic amines) is 1. The zero-order valence-corrected chi connectivity index (χ0v) is 8.13. The Kier molecular flexibility index (Phi) is 3.09. The average molecular weight is 170 g/mol. The van der Waals surface area contributed by atoms with E-state index in [-0.39, 0.29) is 0 Å². The van der Waals surface area contributed by atoms with Gasteiger partial charge in [0.2, 0.25) is 0 Å². The molecule has 1 N–H and O–H groups in total. The first-order valence-electron chi connectivity index (χ1n) is 4.55. The average Bonchev–Trinajstić information content (AvgIpc) is 2.34. The van der Waals surface area contributed by atoms with Crippen LogP contribution in [0.3, 0.4) is 0 Å². The summed E-state index contributed by atoms with van der Waals surface area (Å²) < 4.78 is 5.65. The van der Waals surface area contributed by atoms with Crippen molar-refractivity contribution in [1.29, 1.82) is 5.41 Å². The first-order chi connectivity index (χ1) is 5.59. The predicted molar refractivity (Wildman–Crippen MR) is 49.6 cm³/mol. The zero-order valence-electron chi connectivity index (χ0n) is 8.13. The molecule has 0 aliphatic carbocycles. The highest BCUT2D eigenvalue weighted by molar-refractivity contribution is 5.76. The fourth-order valence-corrected chi connectivity index (χ4v) is 1.53. The van der Waals surface area contributed by atoms with Crippen LogP contribution >= 0.6 is 0 Å². The first-order valence-corrected chi connectivity index (χ1v) is 4.55. The highest BCUT2D eigenvalue weighted by atomic mass is 16.5. The minimum Gasteiger partial charge on any atom is -0.374 e. The van der Waals surface area contributed by atoms with Gasteiger partial charge in [0.05, 0.1) is 18.0 Å². The van der Waals surface area contributed by atoms with Gasteiger partial charge in [-0.2, -0.15) is 0 Å². The summed E-state index contributed by atoms with van der Waals surface area (Å²) in [5.41, 5.74) is 0. The van der Waals surface area contributed by atoms with Crippen LogP contribution in [0.4, 0.5) is 0 Å². The smallest absolute Gasteiger partial charge is 0.0926 e. The van der Waals surface area contributed by atoms with Gasteiger partial charge in [0.1, 0.15) is 0 Å². The standard InChI is InChI=1S/C9H18N2O/c1-7(2)12-9-4-5-11(6-9)8(3)10/h7,9-10H,4-6H2,1-3H3. The molecular weight excluding hydrogens is 152 g/mol. The monoisotopic (exact) mass is 170 g/mol. The number of hydrogen-bond acceptors (Lipinski definition) is 2. The summed E-state index contributed by atoms with van der Waals surface area (Å²) in [5.74, 6) is 0.657. The molecule has 0 aromatic carbocycles. The van der Waals surface area contributed by atoms with Gasteiger partial charge in [-0.05, 0) is 27.2 Å². The SMILES string of the molecule is CC(=N)N1CCC(OC(C)C)C1. The Morgan fingerprint density at radius 1 is 1.58 bits per heavy atom. The summed E-state index contributed by atoms with van der Waals surface area (Å²) in [6.45, 7) is 7.82. The molecule has 3 heteroatoms. The molecule has 1 atom stereocenters. The van der Waals surface area contributed by atoms with E-state index in [0.717, 1.165) is 19.5 Å². The van der Waals surface area contributed by atoms with E-state index in [1.807, 2.05) is 6.92 Å². The van der Waals surface area contributed by atoms with Gasteiger partial charge < -0.3 is 9.64 Å². The molecule has 0 saturated carbocycles. The van der Waals surface area contributed by atoms with Gasteiger partial charge in [-0.15, -0.1) is 0 Å². The number of nitrogens with zero attached hydrogens (tertiary/aromatic N) is 1. The number of amidine groups is 1. The second-order valence-corrected chi connectivity index (χ2v) is 3.63. The van der Waals surface area contributed by atoms with Gasteiger partial charge >= 0.3 is 0 Å². The van der Waals surface area contributed by atoms with Crippen molar-refractivity contribution in [1.82, 2.24) is 4.90 Å². The van der Waals surface area contributed by atoms with E-state index >= 15 is 0 Å². The van der Waals surface area contributed by atoms with Crippen LogP contribution in [0.1, 0.15) is 27.2 Å². The van der Waals surface area contributed by atoms with E-state index in [1.165, 1.54) is 0 Å². The van der Waals surface area contributed by atoms with Gasteiger partial charge in [-0.3, -0.25) is 5.41 Å². The van der Waals surface area contributed by atoms with Crippen LogP contribution in [0, 0.1) is 5.41 Å². The molecule has 1 aliphatic heterocycles. The summed E-state index contributed by atoms with van der Waals surface area (Å²) in [6, 6.07) is 0. The van der Waals surface area contributed by atoms with Crippen molar-refractivity contribution >= 4 is 5.84 Å². The quantitative estimate of drug-likeness (QED) is 0.503. The molecule has 0 spiro atoms. The van der Waals surface area contributed by atoms with Gasteiger partial charge in [0.15, 0.2) is 0 Å². The van der Waals surface area contributed by atoms with Gasteiger partial charge in [-0.1, -0.05) is 0 Å². The summed E-state index contributed by atoms with van der Waals surface area (Å²) in [5, 5.41) is 7.43. The van der Waals surface area contributed by atoms with E-state index in [2.05, 4.69) is 18.7 Å². The van der Waals surface area contributed by atoms with Crippen LogP contribution in [0.5, 0.6) is 0 Å². The number of hydrogen-bond donors (Lipinski definition) is 1. The van der Waals surface area contributed by atoms with Crippen molar-refractivity contribution in [2.24, 2.45) is 0 Å². The number of ether oxygens (including phenoxy) is 1. The van der Waals surface area contributed by atoms with Crippen molar-refractivity contribution in [2.75, 3.05) is 13.1 Å². The van der Waals surface area contributed by atoms with Crippen LogP contribution in [0.25, 0.3) is 0 Å². The van der Waals surface area contributed by atoms with Crippen LogP contribution in [-0.4, -0.2) is 36.0 Å². The molecule has 3 nitrogen and oxygen atoms in total. The molecule has 1 aliphatic rings. The highest BCUT2D eigenvalue weighted by Gasteiger charge is 2.23. The van der Waals surface area contributed by atoms with E-state index in [1.54, 1.807) is 0 Å². The third-order valence-electron chi connectivity index (χ3n) is 2.08. The third kappa shape index (κ3) is 2.48. The van der Waals surface area contributed by atoms with Crippen LogP contribution < -0.4 is 0 Å². The highest BCUT2D eigenvalue weighted by Crippen LogP contribution is 2.14. The Hall–Kier alpha value is -0.570. The first kappa shape index (κ1) is 9.52. The van der Waals surface area contributed by atoms with Crippen molar-refractivity contribution < 1.29 is 4.74 Å². The second-order valence-electron chi connectivity index (χ2n) is 3.63. The summed E-state index contributed by atoms with van der Waals surface area (Å²) >= 11 is 0. The van der Waals surface area contributed by atoms with Gasteiger partial charge in [0.25, 0.3) is 0 Å². The lowest BCUT2D eigenvalue weighted by Crippen LogP contribution is -2.28. The largest absolute Gasteiger partial charge is 0.374 e. The van der Waals surface area contributed by atoms with Crippen LogP contribution in [0.2, 0.25) is 0 Å². The second kappa shape index (κ2) is 3.90.